The molecule has 0 bridgehead atoms. The first-order valence-corrected chi connectivity index (χ1v) is 38.6. The fraction of sp³-hybridized carbons (Fsp3) is 0.525. The van der Waals surface area contributed by atoms with Crippen molar-refractivity contribution in [2.24, 2.45) is 17.6 Å². The van der Waals surface area contributed by atoms with Gasteiger partial charge >= 0.3 is 12.1 Å². The van der Waals surface area contributed by atoms with E-state index in [2.05, 4.69) is 37.2 Å². The van der Waals surface area contributed by atoms with Gasteiger partial charge in [0.15, 0.2) is 17.9 Å². The molecule has 17 N–H and O–H groups in total. The topological polar surface area (TPSA) is 560 Å². The number of hydrogen-bond acceptors (Lipinski definition) is 27. The van der Waals surface area contributed by atoms with Crippen LogP contribution in [-0.4, -0.2) is 247 Å². The number of β-amino-alcohol motifs (C(OH)–C–C–N with tert-alkyl or cyclic N) is 1. The number of aliphatic hydroxyl groups is 6. The first kappa shape index (κ1) is 87.5. The van der Waals surface area contributed by atoms with Crippen molar-refractivity contribution < 1.29 is 132 Å². The molecule has 0 unspecified atom stereocenters. The molecule has 1 saturated carbocycles. The van der Waals surface area contributed by atoms with Gasteiger partial charge in [0.05, 0.1) is 61.4 Å². The number of carbonyl (C=O) groups is 14. The SMILES string of the molecule is COc1cccc2c1C(=O)c1c(O)c3c(c(O)c1C2=O)C[C@@](O)(C(=O)CO)C[C@@H]3O[C@H]1C[C@H](NC(=O)[C@H](CC(C)C)NC(=O)[C@H](CO)NC(=O)[C@H](CCC(N)=O)NC(=O)[C@@H](NC(=O)[C@H](CO)NC(=O)[C@H](C)NC(=O)[C@@H]2C[C@@H](O)CN2C(=O)CCCC(=O)OC(=O)OCC2c3ccccc3-c3ccccc32)C2CCCCC2)[C@H](O)[C@H](C)O1. The number of nitrogens with one attached hydrogen (secondary N) is 7. The Morgan fingerprint density at radius 2 is 1.28 bits per heavy atom. The number of nitrogens with two attached hydrogens (primary N) is 1. The molecular formula is C80H99N9O27. The number of likely N-dealkylation sites (tertiary alicyclic amines) is 1. The summed E-state index contributed by atoms with van der Waals surface area (Å²) in [5.74, 6) is -15.8. The number of carbonyl (C=O) groups excluding carboxylic acids is 14. The van der Waals surface area contributed by atoms with Gasteiger partial charge in [-0.2, -0.15) is 0 Å². The lowest BCUT2D eigenvalue weighted by molar-refractivity contribution is -0.249. The Balaban J connectivity index is 0.736. The van der Waals surface area contributed by atoms with Crippen LogP contribution < -0.4 is 47.7 Å². The van der Waals surface area contributed by atoms with Crippen LogP contribution in [0.3, 0.4) is 0 Å². The lowest BCUT2D eigenvalue weighted by Gasteiger charge is -2.43. The maximum Gasteiger partial charge on any atom is 0.516 e. The van der Waals surface area contributed by atoms with Gasteiger partial charge in [-0.05, 0) is 86.1 Å². The van der Waals surface area contributed by atoms with Crippen LogP contribution in [0.5, 0.6) is 17.2 Å². The average Bonchev–Trinajstić information content (AvgIpc) is 0.742. The van der Waals surface area contributed by atoms with Crippen molar-refractivity contribution in [3.05, 3.63) is 111 Å². The summed E-state index contributed by atoms with van der Waals surface area (Å²) in [7, 11) is 1.25. The number of aliphatic hydroxyl groups excluding tert-OH is 5. The first-order valence-electron chi connectivity index (χ1n) is 38.6. The molecule has 2 heterocycles. The number of fused-ring (bicyclic) bond motifs is 6. The summed E-state index contributed by atoms with van der Waals surface area (Å²) in [4.78, 5) is 193. The predicted octanol–water partition coefficient (Wildman–Crippen LogP) is -0.412. The molecule has 0 spiro atoms. The summed E-state index contributed by atoms with van der Waals surface area (Å²) in [6, 6.07) is 6.99. The highest BCUT2D eigenvalue weighted by Crippen LogP contribution is 2.53. The molecule has 116 heavy (non-hydrogen) atoms. The second kappa shape index (κ2) is 38.3. The van der Waals surface area contributed by atoms with Gasteiger partial charge in [0.25, 0.3) is 0 Å². The van der Waals surface area contributed by atoms with E-state index in [-0.39, 0.29) is 78.7 Å². The molecule has 2 saturated heterocycles. The van der Waals surface area contributed by atoms with Crippen LogP contribution in [0.1, 0.15) is 184 Å². The van der Waals surface area contributed by atoms with E-state index >= 15 is 0 Å². The number of hydrogen-bond donors (Lipinski definition) is 16. The molecule has 10 rings (SSSR count). The Morgan fingerprint density at radius 1 is 0.672 bits per heavy atom. The normalized spacial score (nSPS) is 22.4. The molecule has 4 aromatic carbocycles. The molecule has 626 valence electrons. The van der Waals surface area contributed by atoms with Crippen molar-refractivity contribution in [1.82, 2.24) is 42.1 Å². The number of phenols is 2. The van der Waals surface area contributed by atoms with Crippen LogP contribution in [0.15, 0.2) is 66.7 Å². The Hall–Kier alpha value is -10.9. The van der Waals surface area contributed by atoms with E-state index in [4.69, 9.17) is 29.4 Å². The number of aromatic hydroxyl groups is 2. The fourth-order valence-corrected chi connectivity index (χ4v) is 16.0. The molecular weight excluding hydrogens is 1520 g/mol. The third kappa shape index (κ3) is 19.8. The minimum atomic E-state index is -2.52. The molecule has 36 nitrogen and oxygen atoms in total. The molecule has 14 atom stereocenters. The number of benzene rings is 4. The van der Waals surface area contributed by atoms with E-state index in [0.717, 1.165) is 33.6 Å². The van der Waals surface area contributed by atoms with Gasteiger partial charge in [0.2, 0.25) is 58.9 Å². The molecule has 36 heteroatoms. The van der Waals surface area contributed by atoms with E-state index in [9.17, 15) is 108 Å². The quantitative estimate of drug-likeness (QED) is 0.0144. The summed E-state index contributed by atoms with van der Waals surface area (Å²) in [6.45, 7) is 2.25. The van der Waals surface area contributed by atoms with Crippen molar-refractivity contribution in [1.29, 1.82) is 0 Å². The zero-order chi connectivity index (χ0) is 84.3. The zero-order valence-corrected chi connectivity index (χ0v) is 64.6. The standard InChI is InChI=1S/C80H99N9O27/c1-37(2)27-51(74(105)84-50-29-61(114-39(4)67(50)98)115-56-31-80(111,57(94)35-92)30-47-63(56)71(102)65-64(69(47)100)68(99)46-21-13-22-55(112-5)62(46)70(65)101)85-75(106)52(33-90)87-73(104)49(25-26-58(81)95)83-78(109)66(40-15-7-6-8-16-40)88-76(107)53(34-91)86-72(103)38(3)82-77(108)54-28-41(93)32-89(54)59(96)23-14-24-60(97)116-79(110)113-36-48-44-19-11-9-17-42(44)43-18-10-12-20-45(43)48/h9-13,17-22,37-41,48-54,56,61,66-67,90-93,98,100,102,111H,6-8,14-16,23-36H2,1-5H3,(H2,81,95)(H,82,108)(H,83,109)(H,84,105)(H,85,106)(H,86,103)(H,87,104)(H,88,107)/t38-,39-,41+,49-,50-,51-,52-,53-,54-,56-,61-,66-,67+,80-/m0/s1. The van der Waals surface area contributed by atoms with Crippen molar-refractivity contribution in [3.8, 4) is 28.4 Å². The highest BCUT2D eigenvalue weighted by atomic mass is 16.7. The number of ketones is 3. The summed E-state index contributed by atoms with van der Waals surface area (Å²) in [5, 5.41) is 106. The third-order valence-electron chi connectivity index (χ3n) is 22.0. The number of esters is 1. The summed E-state index contributed by atoms with van der Waals surface area (Å²) >= 11 is 0. The number of Topliss-reactive ketones (excluding diaryl/α,β-unsaturated/α-hetero) is 1. The van der Waals surface area contributed by atoms with E-state index < -0.39 is 254 Å². The van der Waals surface area contributed by atoms with Crippen molar-refractivity contribution in [3.63, 3.8) is 0 Å². The number of rotatable bonds is 33. The number of primary amides is 1. The maximum absolute atomic E-state index is 14.6. The van der Waals surface area contributed by atoms with Crippen molar-refractivity contribution in [2.75, 3.05) is 40.1 Å². The number of amides is 9. The van der Waals surface area contributed by atoms with Gasteiger partial charge in [-0.25, -0.2) is 4.79 Å². The van der Waals surface area contributed by atoms with Gasteiger partial charge in [0, 0.05) is 74.1 Å². The first-order chi connectivity index (χ1) is 55.2. The molecule has 0 radical (unpaired) electrons. The van der Waals surface area contributed by atoms with Crippen LogP contribution in [0.2, 0.25) is 0 Å². The monoisotopic (exact) mass is 1620 g/mol. The van der Waals surface area contributed by atoms with Gasteiger partial charge in [-0.3, -0.25) is 62.3 Å². The van der Waals surface area contributed by atoms with Gasteiger partial charge in [-0.15, -0.1) is 0 Å². The van der Waals surface area contributed by atoms with Crippen LogP contribution in [-0.2, 0) is 78.1 Å². The Bertz CT molecular complexity index is 4410. The van der Waals surface area contributed by atoms with Gasteiger partial charge in [0.1, 0.15) is 84.5 Å². The number of methoxy groups -OCH3 is 1. The highest BCUT2D eigenvalue weighted by molar-refractivity contribution is 6.31. The largest absolute Gasteiger partial charge is 0.516 e. The number of nitrogens with zero attached hydrogens (tertiary/aromatic N) is 1. The van der Waals surface area contributed by atoms with Gasteiger partial charge < -0.3 is 112 Å². The van der Waals surface area contributed by atoms with E-state index in [1.54, 1.807) is 13.8 Å². The van der Waals surface area contributed by atoms with Crippen LogP contribution in [0, 0.1) is 11.8 Å². The van der Waals surface area contributed by atoms with E-state index in [1.807, 2.05) is 48.5 Å². The van der Waals surface area contributed by atoms with Crippen LogP contribution >= 0.6 is 0 Å². The van der Waals surface area contributed by atoms with Crippen molar-refractivity contribution in [2.45, 2.75) is 215 Å². The Morgan fingerprint density at radius 3 is 1.91 bits per heavy atom. The molecule has 9 amide bonds. The molecule has 3 fully saturated rings. The molecule has 0 aromatic heterocycles. The van der Waals surface area contributed by atoms with Crippen LogP contribution in [0.4, 0.5) is 4.79 Å². The second-order valence-electron chi connectivity index (χ2n) is 30.5. The van der Waals surface area contributed by atoms with Gasteiger partial charge in [-0.1, -0.05) is 93.8 Å². The lowest BCUT2D eigenvalue weighted by Crippen LogP contribution is -2.62. The third-order valence-corrected chi connectivity index (χ3v) is 22.0. The fourth-order valence-electron chi connectivity index (χ4n) is 16.0. The minimum absolute atomic E-state index is 0.0315. The highest BCUT2D eigenvalue weighted by Gasteiger charge is 2.52. The maximum atomic E-state index is 14.6. The van der Waals surface area contributed by atoms with E-state index in [0.29, 0.717) is 25.7 Å². The summed E-state index contributed by atoms with van der Waals surface area (Å²) in [6.07, 6.45) is -9.85. The minimum Gasteiger partial charge on any atom is -0.507 e. The predicted molar refractivity (Wildman–Crippen MR) is 403 cm³/mol. The van der Waals surface area contributed by atoms with Crippen molar-refractivity contribution >= 4 is 82.6 Å². The summed E-state index contributed by atoms with van der Waals surface area (Å²) < 4.78 is 27.9. The van der Waals surface area contributed by atoms with Crippen LogP contribution in [0.25, 0.3) is 11.1 Å². The Labute approximate surface area is 665 Å². The molecule has 4 aliphatic carbocycles. The zero-order valence-electron chi connectivity index (χ0n) is 64.6. The molecule has 4 aromatic rings. The average molecular weight is 1620 g/mol. The second-order valence-corrected chi connectivity index (χ2v) is 30.5. The Kier molecular flexibility index (Phi) is 28.9. The van der Waals surface area contributed by atoms with E-state index in [1.165, 1.54) is 39.2 Å². The summed E-state index contributed by atoms with van der Waals surface area (Å²) in [5.41, 5.74) is 4.44. The molecule has 2 aliphatic heterocycles. The lowest BCUT2D eigenvalue weighted by atomic mass is 9.72. The number of ether oxygens (including phenoxy) is 5. The smallest absolute Gasteiger partial charge is 0.507 e. The molecule has 6 aliphatic rings. The number of phenolic OH excluding ortho intramolecular Hbond substituents is 2.